The smallest absolute Gasteiger partial charge is 0.323 e. The van der Waals surface area contributed by atoms with Crippen LogP contribution in [0.3, 0.4) is 0 Å². The lowest BCUT2D eigenvalue weighted by Gasteiger charge is -2.32. The summed E-state index contributed by atoms with van der Waals surface area (Å²) in [6.45, 7) is 11.7. The third kappa shape index (κ3) is 8.24. The van der Waals surface area contributed by atoms with Crippen LogP contribution in [0.1, 0.15) is 53.9 Å². The average molecular weight is 404 g/mol. The van der Waals surface area contributed by atoms with Crippen LogP contribution in [0.5, 0.6) is 0 Å². The molecule has 0 aromatic carbocycles. The van der Waals surface area contributed by atoms with Crippen molar-refractivity contribution in [3.63, 3.8) is 0 Å². The summed E-state index contributed by atoms with van der Waals surface area (Å²) in [6, 6.07) is -0.379. The van der Waals surface area contributed by atoms with Crippen LogP contribution < -0.4 is 5.32 Å². The first-order valence-electron chi connectivity index (χ1n) is 10.0. The summed E-state index contributed by atoms with van der Waals surface area (Å²) >= 11 is 4.17. The van der Waals surface area contributed by atoms with E-state index in [9.17, 15) is 4.79 Å². The number of thiol groups is 1. The molecule has 0 unspecified atom stereocenters. The van der Waals surface area contributed by atoms with Crippen LogP contribution in [0.15, 0.2) is 58.7 Å². The summed E-state index contributed by atoms with van der Waals surface area (Å²) in [5.41, 5.74) is 5.65. The van der Waals surface area contributed by atoms with Crippen molar-refractivity contribution in [1.82, 2.24) is 5.32 Å². The SMILES string of the molecule is COC(=O)[C@H](CS)NC/C=C(/C)C=CC=C(C)C=CC1=C(C)CCCC1(C)C. The molecule has 0 saturated carbocycles. The Morgan fingerprint density at radius 1 is 1.29 bits per heavy atom. The minimum Gasteiger partial charge on any atom is -0.468 e. The zero-order valence-corrected chi connectivity index (χ0v) is 19.2. The molecule has 0 spiro atoms. The fraction of sp³-hybridized carbons (Fsp3) is 0.542. The van der Waals surface area contributed by atoms with Gasteiger partial charge >= 0.3 is 5.97 Å². The highest BCUT2D eigenvalue weighted by atomic mass is 32.1. The van der Waals surface area contributed by atoms with Crippen molar-refractivity contribution in [1.29, 1.82) is 0 Å². The van der Waals surface area contributed by atoms with Gasteiger partial charge < -0.3 is 10.1 Å². The second-order valence-corrected chi connectivity index (χ2v) is 8.51. The number of ether oxygens (including phenoxy) is 1. The van der Waals surface area contributed by atoms with E-state index in [1.165, 1.54) is 43.1 Å². The van der Waals surface area contributed by atoms with Crippen molar-refractivity contribution < 1.29 is 9.53 Å². The number of allylic oxidation sites excluding steroid dienone is 9. The Morgan fingerprint density at radius 2 is 2.00 bits per heavy atom. The van der Waals surface area contributed by atoms with Gasteiger partial charge in [-0.2, -0.15) is 12.6 Å². The molecule has 0 bridgehead atoms. The van der Waals surface area contributed by atoms with E-state index in [0.717, 1.165) is 5.57 Å². The Morgan fingerprint density at radius 3 is 2.61 bits per heavy atom. The van der Waals surface area contributed by atoms with Gasteiger partial charge in [0.2, 0.25) is 0 Å². The quantitative estimate of drug-likeness (QED) is 0.300. The van der Waals surface area contributed by atoms with Crippen LogP contribution in [0.25, 0.3) is 0 Å². The van der Waals surface area contributed by atoms with Gasteiger partial charge in [0.25, 0.3) is 0 Å². The normalized spacial score (nSPS) is 19.5. The van der Waals surface area contributed by atoms with Crippen LogP contribution in [-0.4, -0.2) is 31.4 Å². The molecule has 0 amide bonds. The van der Waals surface area contributed by atoms with Crippen molar-refractivity contribution in [2.45, 2.75) is 59.9 Å². The van der Waals surface area contributed by atoms with E-state index in [-0.39, 0.29) is 17.4 Å². The fourth-order valence-corrected chi connectivity index (χ4v) is 3.71. The molecular weight excluding hydrogens is 366 g/mol. The summed E-state index contributed by atoms with van der Waals surface area (Å²) in [7, 11) is 1.39. The Balaban J connectivity index is 2.62. The van der Waals surface area contributed by atoms with Gasteiger partial charge in [-0.05, 0) is 51.0 Å². The highest BCUT2D eigenvalue weighted by Crippen LogP contribution is 2.40. The average Bonchev–Trinajstić information content (AvgIpc) is 2.63. The van der Waals surface area contributed by atoms with E-state index < -0.39 is 0 Å². The lowest BCUT2D eigenvalue weighted by atomic mass is 9.72. The molecule has 0 saturated heterocycles. The molecular formula is C24H37NO2S. The predicted octanol–water partition coefficient (Wildman–Crippen LogP) is 5.58. The molecule has 4 heteroatoms. The molecule has 0 radical (unpaired) electrons. The van der Waals surface area contributed by atoms with Crippen LogP contribution in [0.2, 0.25) is 0 Å². The van der Waals surface area contributed by atoms with Gasteiger partial charge in [0.15, 0.2) is 0 Å². The van der Waals surface area contributed by atoms with Crippen molar-refractivity contribution in [2.75, 3.05) is 19.4 Å². The third-order valence-electron chi connectivity index (χ3n) is 5.23. The highest BCUT2D eigenvalue weighted by molar-refractivity contribution is 7.80. The number of esters is 1. The highest BCUT2D eigenvalue weighted by Gasteiger charge is 2.26. The number of carbonyl (C=O) groups excluding carboxylic acids is 1. The molecule has 1 atom stereocenters. The molecule has 156 valence electrons. The molecule has 0 aliphatic heterocycles. The van der Waals surface area contributed by atoms with Crippen LogP contribution in [0.4, 0.5) is 0 Å². The second-order valence-electron chi connectivity index (χ2n) is 8.15. The van der Waals surface area contributed by atoms with Gasteiger partial charge in [-0.25, -0.2) is 0 Å². The molecule has 1 aliphatic carbocycles. The number of hydrogen-bond acceptors (Lipinski definition) is 4. The van der Waals surface area contributed by atoms with Gasteiger partial charge in [-0.1, -0.05) is 67.0 Å². The van der Waals surface area contributed by atoms with Gasteiger partial charge in [-0.3, -0.25) is 4.79 Å². The zero-order valence-electron chi connectivity index (χ0n) is 18.3. The van der Waals surface area contributed by atoms with Crippen molar-refractivity contribution in [3.8, 4) is 0 Å². The topological polar surface area (TPSA) is 38.3 Å². The van der Waals surface area contributed by atoms with Crippen LogP contribution >= 0.6 is 12.6 Å². The monoisotopic (exact) mass is 403 g/mol. The summed E-state index contributed by atoms with van der Waals surface area (Å²) in [4.78, 5) is 11.5. The second kappa shape index (κ2) is 12.1. The fourth-order valence-electron chi connectivity index (χ4n) is 3.43. The standard InChI is InChI=1S/C24H37NO2S/c1-18(12-13-21-20(3)11-8-15-24(21,4)5)9-7-10-19(2)14-16-25-22(17-28)23(26)27-6/h7,9-10,12-14,22,25,28H,8,11,15-17H2,1-6H3/b10-7?,13-12?,18-9?,19-14-/t22-/m0/s1. The number of rotatable bonds is 9. The minimum absolute atomic E-state index is 0.274. The number of methoxy groups -OCH3 is 1. The Bertz CT molecular complexity index is 681. The summed E-state index contributed by atoms with van der Waals surface area (Å²) in [5, 5.41) is 3.13. The first kappa shape index (κ1) is 24.5. The van der Waals surface area contributed by atoms with E-state index in [1.54, 1.807) is 0 Å². The van der Waals surface area contributed by atoms with E-state index in [1.807, 2.05) is 13.0 Å². The van der Waals surface area contributed by atoms with Crippen LogP contribution in [-0.2, 0) is 9.53 Å². The number of nitrogens with one attached hydrogen (secondary N) is 1. The van der Waals surface area contributed by atoms with Crippen molar-refractivity contribution >= 4 is 18.6 Å². The maximum Gasteiger partial charge on any atom is 0.323 e. The van der Waals surface area contributed by atoms with E-state index in [2.05, 4.69) is 76.0 Å². The summed E-state index contributed by atoms with van der Waals surface area (Å²) < 4.78 is 4.74. The number of hydrogen-bond donors (Lipinski definition) is 2. The van der Waals surface area contributed by atoms with Gasteiger partial charge in [-0.15, -0.1) is 0 Å². The molecule has 28 heavy (non-hydrogen) atoms. The summed E-state index contributed by atoms with van der Waals surface area (Å²) in [5.74, 6) is 0.129. The van der Waals surface area contributed by atoms with Crippen LogP contribution in [0, 0.1) is 5.41 Å². The minimum atomic E-state index is -0.379. The molecule has 1 aliphatic rings. The molecule has 0 fully saturated rings. The lowest BCUT2D eigenvalue weighted by molar-refractivity contribution is -0.142. The van der Waals surface area contributed by atoms with E-state index in [4.69, 9.17) is 4.74 Å². The van der Waals surface area contributed by atoms with Gasteiger partial charge in [0, 0.05) is 12.3 Å². The molecule has 3 nitrogen and oxygen atoms in total. The van der Waals surface area contributed by atoms with E-state index in [0.29, 0.717) is 12.3 Å². The maximum absolute atomic E-state index is 11.5. The molecule has 1 N–H and O–H groups in total. The molecule has 0 heterocycles. The van der Waals surface area contributed by atoms with Gasteiger partial charge in [0.1, 0.15) is 6.04 Å². The number of carbonyl (C=O) groups is 1. The largest absolute Gasteiger partial charge is 0.468 e. The van der Waals surface area contributed by atoms with E-state index >= 15 is 0 Å². The summed E-state index contributed by atoms with van der Waals surface area (Å²) in [6.07, 6.45) is 16.6. The van der Waals surface area contributed by atoms with Crippen molar-refractivity contribution in [3.05, 3.63) is 58.7 Å². The zero-order chi connectivity index (χ0) is 21.2. The Labute approximate surface area is 177 Å². The molecule has 0 aromatic rings. The molecule has 0 aromatic heterocycles. The molecule has 1 rings (SSSR count). The maximum atomic E-state index is 11.5. The Hall–Kier alpha value is -1.52. The third-order valence-corrected chi connectivity index (χ3v) is 5.60. The van der Waals surface area contributed by atoms with Gasteiger partial charge in [0.05, 0.1) is 7.11 Å². The Kier molecular flexibility index (Phi) is 10.6. The first-order valence-corrected chi connectivity index (χ1v) is 10.7. The predicted molar refractivity (Wildman–Crippen MR) is 124 cm³/mol. The first-order chi connectivity index (χ1) is 13.2. The van der Waals surface area contributed by atoms with Crippen molar-refractivity contribution in [2.24, 2.45) is 5.41 Å². The lowest BCUT2D eigenvalue weighted by Crippen LogP contribution is -2.39.